The number of nitrogens with zero attached hydrogens (tertiary/aromatic N) is 1. The van der Waals surface area contributed by atoms with Crippen molar-refractivity contribution in [3.8, 4) is 0 Å². The van der Waals surface area contributed by atoms with Crippen LogP contribution in [0.15, 0.2) is 42.5 Å². The smallest absolute Gasteiger partial charge is 0.327 e. The molecule has 6 heteroatoms. The lowest BCUT2D eigenvalue weighted by atomic mass is 9.79. The molecule has 1 amide bonds. The third kappa shape index (κ3) is 3.85. The number of piperidine rings is 1. The van der Waals surface area contributed by atoms with Crippen LogP contribution in [0.4, 0.5) is 0 Å². The van der Waals surface area contributed by atoms with Gasteiger partial charge in [0.05, 0.1) is 6.04 Å². The Bertz CT molecular complexity index is 849. The molecule has 2 heterocycles. The van der Waals surface area contributed by atoms with Crippen LogP contribution in [-0.2, 0) is 24.3 Å². The number of nitrogens with one attached hydrogen (secondary N) is 1. The highest BCUT2D eigenvalue weighted by Crippen LogP contribution is 2.29. The normalized spacial score (nSPS) is 19.9. The van der Waals surface area contributed by atoms with E-state index in [0.29, 0.717) is 25.4 Å². The second-order valence-corrected chi connectivity index (χ2v) is 7.80. The Labute approximate surface area is 167 Å². The van der Waals surface area contributed by atoms with Gasteiger partial charge < -0.3 is 21.0 Å². The number of hydrogen-bond acceptors (Lipinski definition) is 4. The van der Waals surface area contributed by atoms with E-state index >= 15 is 0 Å². The van der Waals surface area contributed by atoms with Crippen LogP contribution in [0.3, 0.4) is 0 Å². The minimum Gasteiger partial charge on any atom is -0.450 e. The van der Waals surface area contributed by atoms with Crippen molar-refractivity contribution in [2.75, 3.05) is 13.1 Å². The maximum absolute atomic E-state index is 13.1. The molecule has 28 heavy (non-hydrogen) atoms. The van der Waals surface area contributed by atoms with Gasteiger partial charge in [-0.05, 0) is 52.9 Å². The zero-order chi connectivity index (χ0) is 19.5. The molecule has 2 aliphatic heterocycles. The second kappa shape index (κ2) is 8.47. The van der Waals surface area contributed by atoms with Crippen molar-refractivity contribution in [3.63, 3.8) is 0 Å². The summed E-state index contributed by atoms with van der Waals surface area (Å²) in [5.74, 6) is 0.691. The van der Waals surface area contributed by atoms with Gasteiger partial charge in [0.1, 0.15) is 0 Å². The minimum absolute atomic E-state index is 0.182. The summed E-state index contributed by atoms with van der Waals surface area (Å²) in [6, 6.07) is 14.2. The highest BCUT2D eigenvalue weighted by Gasteiger charge is 2.31. The van der Waals surface area contributed by atoms with Crippen LogP contribution in [0.1, 0.15) is 41.0 Å². The summed E-state index contributed by atoms with van der Waals surface area (Å²) in [4.78, 5) is 15.1. The van der Waals surface area contributed by atoms with E-state index in [1.165, 1.54) is 11.1 Å². The zero-order valence-corrected chi connectivity index (χ0v) is 16.1. The molecule has 0 spiro atoms. The van der Waals surface area contributed by atoms with Crippen LogP contribution < -0.4 is 16.5 Å². The molecule has 2 aliphatic rings. The largest absolute Gasteiger partial charge is 0.450 e. The first kappa shape index (κ1) is 19.2. The van der Waals surface area contributed by atoms with E-state index in [1.807, 2.05) is 17.0 Å². The Morgan fingerprint density at radius 1 is 1.21 bits per heavy atom. The monoisotopic (exact) mass is 376 g/mol. The van der Waals surface area contributed by atoms with Crippen molar-refractivity contribution in [1.29, 1.82) is 0 Å². The topological polar surface area (TPSA) is 78.6 Å². The first-order valence-corrected chi connectivity index (χ1v) is 10.1. The molecule has 4 N–H and O–H groups in total. The molecule has 1 fully saturated rings. The molecule has 0 bridgehead atoms. The van der Waals surface area contributed by atoms with Gasteiger partial charge in [0.2, 0.25) is 5.91 Å². The minimum atomic E-state index is -0.182. The molecule has 5 nitrogen and oxygen atoms in total. The van der Waals surface area contributed by atoms with E-state index in [0.717, 1.165) is 50.0 Å². The molecule has 2 aromatic carbocycles. The summed E-state index contributed by atoms with van der Waals surface area (Å²) in [5, 5.41) is 12.8. The van der Waals surface area contributed by atoms with Crippen LogP contribution in [0.2, 0.25) is 0 Å². The van der Waals surface area contributed by atoms with E-state index in [4.69, 9.17) is 5.73 Å². The first-order valence-electron chi connectivity index (χ1n) is 10.1. The fourth-order valence-corrected chi connectivity index (χ4v) is 4.50. The summed E-state index contributed by atoms with van der Waals surface area (Å²) >= 11 is 0. The first-order chi connectivity index (χ1) is 13.7. The molecule has 0 aliphatic carbocycles. The highest BCUT2D eigenvalue weighted by atomic mass is 16.2. The second-order valence-electron chi connectivity index (χ2n) is 7.80. The molecular formula is C22H27BN3O2. The van der Waals surface area contributed by atoms with Gasteiger partial charge in [0.15, 0.2) is 0 Å². The van der Waals surface area contributed by atoms with Crippen molar-refractivity contribution < 1.29 is 9.82 Å². The number of carbonyl (C=O) groups excluding carboxylic acids is 1. The Kier molecular flexibility index (Phi) is 5.81. The Morgan fingerprint density at radius 2 is 2.00 bits per heavy atom. The number of amides is 1. The van der Waals surface area contributed by atoms with E-state index in [2.05, 4.69) is 35.6 Å². The van der Waals surface area contributed by atoms with Crippen molar-refractivity contribution in [3.05, 3.63) is 64.7 Å². The average Bonchev–Trinajstić information content (AvgIpc) is 2.78. The lowest BCUT2D eigenvalue weighted by Crippen LogP contribution is -2.52. The van der Waals surface area contributed by atoms with E-state index in [-0.39, 0.29) is 11.9 Å². The molecule has 4 rings (SSSR count). The van der Waals surface area contributed by atoms with Gasteiger partial charge in [-0.3, -0.25) is 4.79 Å². The predicted octanol–water partition coefficient (Wildman–Crippen LogP) is 0.803. The molecule has 1 saturated heterocycles. The average molecular weight is 376 g/mol. The van der Waals surface area contributed by atoms with Gasteiger partial charge in [-0.25, -0.2) is 0 Å². The molecule has 2 aromatic rings. The van der Waals surface area contributed by atoms with E-state index in [1.54, 1.807) is 0 Å². The Morgan fingerprint density at radius 3 is 2.75 bits per heavy atom. The van der Waals surface area contributed by atoms with Crippen LogP contribution in [0.5, 0.6) is 0 Å². The third-order valence-electron chi connectivity index (χ3n) is 6.16. The summed E-state index contributed by atoms with van der Waals surface area (Å²) in [5.41, 5.74) is 11.3. The number of likely N-dealkylation sites (tertiary alicyclic amines) is 1. The van der Waals surface area contributed by atoms with Gasteiger partial charge in [-0.1, -0.05) is 42.5 Å². The maximum atomic E-state index is 13.1. The maximum Gasteiger partial charge on any atom is 0.327 e. The number of nitrogens with two attached hydrogens (primary N) is 1. The number of carbonyl (C=O) groups is 1. The molecule has 1 unspecified atom stereocenters. The SMILES string of the molecule is NCc1cccc(C2CCN(C(=O)C3Cc4cccc([B]O)c4CN3)CC2)c1. The van der Waals surface area contributed by atoms with Crippen molar-refractivity contribution in [2.45, 2.75) is 44.3 Å². The molecule has 145 valence electrons. The summed E-state index contributed by atoms with van der Waals surface area (Å²) in [6.07, 6.45) is 2.66. The van der Waals surface area contributed by atoms with Gasteiger partial charge in [-0.2, -0.15) is 0 Å². The lowest BCUT2D eigenvalue weighted by molar-refractivity contribution is -0.134. The van der Waals surface area contributed by atoms with Crippen LogP contribution in [-0.4, -0.2) is 42.4 Å². The standard InChI is InChI=1S/C22H27BN3O2/c24-13-15-3-1-4-17(11-15)16-7-9-26(10-8-16)22(27)21-12-18-5-2-6-20(23-28)19(18)14-25-21/h1-6,11,16,21,25,28H,7-10,12-14,24H2. The number of rotatable bonds is 4. The Hall–Kier alpha value is -2.15. The van der Waals surface area contributed by atoms with Crippen LogP contribution in [0.25, 0.3) is 0 Å². The number of benzene rings is 2. The molecule has 0 aromatic heterocycles. The number of fused-ring (bicyclic) bond motifs is 1. The summed E-state index contributed by atoms with van der Waals surface area (Å²) in [7, 11) is 1.15. The lowest BCUT2D eigenvalue weighted by Gasteiger charge is -2.36. The van der Waals surface area contributed by atoms with Crippen molar-refractivity contribution >= 4 is 18.9 Å². The van der Waals surface area contributed by atoms with Gasteiger partial charge >= 0.3 is 7.48 Å². The zero-order valence-electron chi connectivity index (χ0n) is 16.1. The van der Waals surface area contributed by atoms with Gasteiger partial charge in [-0.15, -0.1) is 0 Å². The Balaban J connectivity index is 1.38. The quantitative estimate of drug-likeness (QED) is 0.690. The van der Waals surface area contributed by atoms with Gasteiger partial charge in [0.25, 0.3) is 0 Å². The van der Waals surface area contributed by atoms with Crippen LogP contribution >= 0.6 is 0 Å². The van der Waals surface area contributed by atoms with Crippen molar-refractivity contribution in [1.82, 2.24) is 10.2 Å². The predicted molar refractivity (Wildman–Crippen MR) is 111 cm³/mol. The molecule has 0 saturated carbocycles. The highest BCUT2D eigenvalue weighted by molar-refractivity contribution is 6.46. The van der Waals surface area contributed by atoms with Crippen molar-refractivity contribution in [2.24, 2.45) is 5.73 Å². The molecule has 1 atom stereocenters. The van der Waals surface area contributed by atoms with E-state index in [9.17, 15) is 9.82 Å². The fraction of sp³-hybridized carbons (Fsp3) is 0.409. The third-order valence-corrected chi connectivity index (χ3v) is 6.16. The summed E-state index contributed by atoms with van der Waals surface area (Å²) < 4.78 is 0. The van der Waals surface area contributed by atoms with E-state index < -0.39 is 0 Å². The fourth-order valence-electron chi connectivity index (χ4n) is 4.50. The number of hydrogen-bond donors (Lipinski definition) is 3. The van der Waals surface area contributed by atoms with Crippen LogP contribution in [0, 0.1) is 0 Å². The summed E-state index contributed by atoms with van der Waals surface area (Å²) in [6.45, 7) is 2.77. The molecular weight excluding hydrogens is 349 g/mol. The molecule has 1 radical (unpaired) electrons. The van der Waals surface area contributed by atoms with Gasteiger partial charge in [0, 0.05) is 26.2 Å².